The third-order valence-electron chi connectivity index (χ3n) is 6.32. The van der Waals surface area contributed by atoms with Crippen LogP contribution in [0, 0.1) is 21.3 Å². The molecule has 0 radical (unpaired) electrons. The number of benzene rings is 2. The normalized spacial score (nSPS) is 29.3. The zero-order valence-corrected chi connectivity index (χ0v) is 17.5. The van der Waals surface area contributed by atoms with Crippen molar-refractivity contribution in [2.24, 2.45) is 5.41 Å². The Morgan fingerprint density at radius 3 is 2.20 bits per heavy atom. The van der Waals surface area contributed by atoms with Gasteiger partial charge in [-0.1, -0.05) is 63.2 Å². The Morgan fingerprint density at radius 2 is 1.63 bits per heavy atom. The number of hydrogen-bond acceptors (Lipinski definition) is 4. The van der Waals surface area contributed by atoms with E-state index in [0.29, 0.717) is 5.56 Å². The molecule has 0 saturated carbocycles. The van der Waals surface area contributed by atoms with Crippen LogP contribution in [0.3, 0.4) is 0 Å². The highest BCUT2D eigenvalue weighted by Crippen LogP contribution is 2.53. The van der Waals surface area contributed by atoms with Gasteiger partial charge in [0.1, 0.15) is 17.9 Å². The molecule has 2 heterocycles. The molecule has 2 unspecified atom stereocenters. The minimum absolute atomic E-state index is 0.130. The molecule has 0 bridgehead atoms. The summed E-state index contributed by atoms with van der Waals surface area (Å²) in [5, 5.41) is 12.4. The Labute approximate surface area is 175 Å². The van der Waals surface area contributed by atoms with E-state index in [-0.39, 0.29) is 22.4 Å². The minimum atomic E-state index is -1.07. The zero-order valence-electron chi connectivity index (χ0n) is 17.5. The van der Waals surface area contributed by atoms with Gasteiger partial charge in [0.25, 0.3) is 0 Å². The summed E-state index contributed by atoms with van der Waals surface area (Å²) in [5.41, 5.74) is 0.930. The van der Waals surface area contributed by atoms with Gasteiger partial charge in [-0.2, -0.15) is 0 Å². The quantitative estimate of drug-likeness (QED) is 0.569. The van der Waals surface area contributed by atoms with Crippen molar-refractivity contribution in [3.8, 4) is 0 Å². The standard InChI is InChI=1S/C23H26FN3O3/c1-23(2,3)22-25(4)21(28)20-17(14-9-6-5-7-10-14)19(27(29)30)18(26(20)22)15-11-8-12-16(24)13-15/h5-13,17-20,22H,1-4H3/t17-,18+,19-,20?,22?/m0/s1. The van der Waals surface area contributed by atoms with E-state index >= 15 is 0 Å². The van der Waals surface area contributed by atoms with Gasteiger partial charge < -0.3 is 4.90 Å². The predicted molar refractivity (Wildman–Crippen MR) is 111 cm³/mol. The van der Waals surface area contributed by atoms with Crippen LogP contribution < -0.4 is 0 Å². The first-order valence-electron chi connectivity index (χ1n) is 10.1. The SMILES string of the molecule is CN1C(=O)C2[C@@H](c3ccccc3)[C@H]([N+](=O)[O-])[C@@H](c3cccc(F)c3)N2C1C(C)(C)C. The third kappa shape index (κ3) is 3.08. The number of carbonyl (C=O) groups excluding carboxylic acids is 1. The van der Waals surface area contributed by atoms with Gasteiger partial charge in [-0.15, -0.1) is 0 Å². The molecule has 2 aromatic carbocycles. The summed E-state index contributed by atoms with van der Waals surface area (Å²) in [4.78, 5) is 29.2. The number of rotatable bonds is 3. The lowest BCUT2D eigenvalue weighted by molar-refractivity contribution is -0.529. The fourth-order valence-electron chi connectivity index (χ4n) is 5.42. The Kier molecular flexibility index (Phi) is 4.89. The van der Waals surface area contributed by atoms with Gasteiger partial charge in [0.2, 0.25) is 11.9 Å². The van der Waals surface area contributed by atoms with Gasteiger partial charge in [0.05, 0.1) is 12.1 Å². The second-order valence-corrected chi connectivity index (χ2v) is 9.29. The van der Waals surface area contributed by atoms with Crippen LogP contribution in [0.2, 0.25) is 0 Å². The van der Waals surface area contributed by atoms with Crippen molar-refractivity contribution in [2.75, 3.05) is 7.05 Å². The molecule has 2 aliphatic heterocycles. The van der Waals surface area contributed by atoms with Crippen LogP contribution in [-0.2, 0) is 4.79 Å². The van der Waals surface area contributed by atoms with Crippen molar-refractivity contribution >= 4 is 5.91 Å². The monoisotopic (exact) mass is 411 g/mol. The molecule has 30 heavy (non-hydrogen) atoms. The Balaban J connectivity index is 1.96. The lowest BCUT2D eigenvalue weighted by atomic mass is 9.84. The molecule has 0 spiro atoms. The minimum Gasteiger partial charge on any atom is -0.328 e. The van der Waals surface area contributed by atoms with E-state index in [1.165, 1.54) is 12.1 Å². The highest BCUT2D eigenvalue weighted by Gasteiger charge is 2.66. The second kappa shape index (κ2) is 7.16. The number of carbonyl (C=O) groups is 1. The number of fused-ring (bicyclic) bond motifs is 1. The van der Waals surface area contributed by atoms with E-state index in [9.17, 15) is 19.3 Å². The number of hydrogen-bond donors (Lipinski definition) is 0. The van der Waals surface area contributed by atoms with E-state index in [0.717, 1.165) is 5.56 Å². The van der Waals surface area contributed by atoms with Gasteiger partial charge in [-0.25, -0.2) is 4.39 Å². The van der Waals surface area contributed by atoms with Crippen LogP contribution >= 0.6 is 0 Å². The molecule has 0 aromatic heterocycles. The molecule has 4 rings (SSSR count). The van der Waals surface area contributed by atoms with Crippen LogP contribution in [0.4, 0.5) is 4.39 Å². The first-order chi connectivity index (χ1) is 14.1. The molecule has 2 aromatic rings. The predicted octanol–water partition coefficient (Wildman–Crippen LogP) is 3.82. The molecule has 5 atom stereocenters. The Bertz CT molecular complexity index is 975. The molecule has 7 heteroatoms. The average Bonchev–Trinajstić information content (AvgIpc) is 3.15. The van der Waals surface area contributed by atoms with Crippen molar-refractivity contribution in [3.05, 3.63) is 81.7 Å². The molecule has 6 nitrogen and oxygen atoms in total. The maximum absolute atomic E-state index is 14.1. The van der Waals surface area contributed by atoms with Gasteiger partial charge in [-0.3, -0.25) is 19.8 Å². The molecule has 2 saturated heterocycles. The zero-order chi connectivity index (χ0) is 21.8. The van der Waals surface area contributed by atoms with E-state index < -0.39 is 29.9 Å². The van der Waals surface area contributed by atoms with Gasteiger partial charge >= 0.3 is 0 Å². The molecule has 0 aliphatic carbocycles. The first-order valence-corrected chi connectivity index (χ1v) is 10.1. The summed E-state index contributed by atoms with van der Waals surface area (Å²) in [6, 6.07) is 12.7. The first kappa shape index (κ1) is 20.5. The third-order valence-corrected chi connectivity index (χ3v) is 6.32. The summed E-state index contributed by atoms with van der Waals surface area (Å²) in [5.74, 6) is -1.20. The fraction of sp³-hybridized carbons (Fsp3) is 0.435. The fourth-order valence-corrected chi connectivity index (χ4v) is 5.42. The molecular formula is C23H26FN3O3. The maximum Gasteiger partial charge on any atom is 0.241 e. The average molecular weight is 411 g/mol. The number of halogens is 1. The largest absolute Gasteiger partial charge is 0.328 e. The summed E-state index contributed by atoms with van der Waals surface area (Å²) < 4.78 is 14.1. The second-order valence-electron chi connectivity index (χ2n) is 9.29. The molecule has 158 valence electrons. The molecule has 2 fully saturated rings. The van der Waals surface area contributed by atoms with Crippen LogP contribution in [0.5, 0.6) is 0 Å². The lowest BCUT2D eigenvalue weighted by Crippen LogP contribution is -2.49. The van der Waals surface area contributed by atoms with E-state index in [2.05, 4.69) is 0 Å². The van der Waals surface area contributed by atoms with Gasteiger partial charge in [0, 0.05) is 12.0 Å². The Hall–Kier alpha value is -2.80. The van der Waals surface area contributed by atoms with Crippen molar-refractivity contribution in [2.45, 2.75) is 51.0 Å². The summed E-state index contributed by atoms with van der Waals surface area (Å²) in [6.07, 6.45) is -0.348. The van der Waals surface area contributed by atoms with E-state index in [1.54, 1.807) is 24.1 Å². The van der Waals surface area contributed by atoms with E-state index in [4.69, 9.17) is 0 Å². The number of nitro groups is 1. The topological polar surface area (TPSA) is 66.7 Å². The van der Waals surface area contributed by atoms with Crippen LogP contribution in [0.1, 0.15) is 43.9 Å². The van der Waals surface area contributed by atoms with Crippen molar-refractivity contribution in [1.29, 1.82) is 0 Å². The van der Waals surface area contributed by atoms with Gasteiger partial charge in [-0.05, 0) is 28.7 Å². The highest BCUT2D eigenvalue weighted by atomic mass is 19.1. The molecular weight excluding hydrogens is 385 g/mol. The van der Waals surface area contributed by atoms with Crippen LogP contribution in [0.15, 0.2) is 54.6 Å². The maximum atomic E-state index is 14.1. The number of amides is 1. The highest BCUT2D eigenvalue weighted by molar-refractivity contribution is 5.86. The molecule has 1 amide bonds. The van der Waals surface area contributed by atoms with Gasteiger partial charge in [0.15, 0.2) is 0 Å². The number of likely N-dealkylation sites (N-methyl/N-ethyl adjacent to an activating group) is 1. The lowest BCUT2D eigenvalue weighted by Gasteiger charge is -2.40. The van der Waals surface area contributed by atoms with Crippen LogP contribution in [0.25, 0.3) is 0 Å². The molecule has 0 N–H and O–H groups in total. The Morgan fingerprint density at radius 1 is 1.00 bits per heavy atom. The summed E-state index contributed by atoms with van der Waals surface area (Å²) >= 11 is 0. The van der Waals surface area contributed by atoms with Crippen molar-refractivity contribution < 1.29 is 14.1 Å². The van der Waals surface area contributed by atoms with Crippen molar-refractivity contribution in [3.63, 3.8) is 0 Å². The van der Waals surface area contributed by atoms with Crippen LogP contribution in [-0.4, -0.2) is 45.9 Å². The summed E-state index contributed by atoms with van der Waals surface area (Å²) in [7, 11) is 1.75. The molecule has 2 aliphatic rings. The smallest absolute Gasteiger partial charge is 0.241 e. The van der Waals surface area contributed by atoms with E-state index in [1.807, 2.05) is 56.0 Å². The number of nitrogens with zero attached hydrogens (tertiary/aromatic N) is 3. The summed E-state index contributed by atoms with van der Waals surface area (Å²) in [6.45, 7) is 6.05. The van der Waals surface area contributed by atoms with Crippen molar-refractivity contribution in [1.82, 2.24) is 9.80 Å².